The van der Waals surface area contributed by atoms with E-state index in [9.17, 15) is 13.7 Å². The van der Waals surface area contributed by atoms with Crippen molar-refractivity contribution in [2.24, 2.45) is 0 Å². The average Bonchev–Trinajstić information content (AvgIpc) is 3.16. The van der Waals surface area contributed by atoms with Gasteiger partial charge in [0.05, 0.1) is 10.6 Å². The Bertz CT molecular complexity index is 939. The Morgan fingerprint density at radius 1 is 1.35 bits per heavy atom. The molecule has 0 amide bonds. The minimum absolute atomic E-state index is 0.132. The molecule has 10 heteroatoms. The average molecular weight is 373 g/mol. The molecule has 2 heterocycles. The summed E-state index contributed by atoms with van der Waals surface area (Å²) in [6.07, 6.45) is 5.98. The number of nitrogens with zero attached hydrogens (tertiary/aromatic N) is 5. The van der Waals surface area contributed by atoms with Crippen LogP contribution in [0.25, 0.3) is 5.57 Å². The van der Waals surface area contributed by atoms with Gasteiger partial charge in [0.2, 0.25) is 5.82 Å². The number of hydrogen-bond acceptors (Lipinski definition) is 8. The minimum Gasteiger partial charge on any atom is -0.371 e. The summed E-state index contributed by atoms with van der Waals surface area (Å²) in [4.78, 5) is 2.40. The topological polar surface area (TPSA) is 128 Å². The van der Waals surface area contributed by atoms with Crippen molar-refractivity contribution in [1.29, 1.82) is 5.26 Å². The number of benzene rings is 1. The highest BCUT2D eigenvalue weighted by molar-refractivity contribution is 7.90. The van der Waals surface area contributed by atoms with Crippen LogP contribution < -0.4 is 10.2 Å². The Balaban J connectivity index is 1.96. The highest BCUT2D eigenvalue weighted by atomic mass is 32.2. The number of rotatable bonds is 5. The molecule has 3 rings (SSSR count). The van der Waals surface area contributed by atoms with Gasteiger partial charge >= 0.3 is 0 Å². The van der Waals surface area contributed by atoms with Crippen molar-refractivity contribution in [2.45, 2.75) is 24.2 Å². The van der Waals surface area contributed by atoms with Gasteiger partial charge in [-0.2, -0.15) is 10.5 Å². The first-order valence-corrected chi connectivity index (χ1v) is 10.1. The summed E-state index contributed by atoms with van der Waals surface area (Å²) in [5.74, 6) is 0.132. The van der Waals surface area contributed by atoms with Gasteiger partial charge in [0.15, 0.2) is 9.84 Å². The number of anilines is 2. The lowest BCUT2D eigenvalue weighted by molar-refractivity contribution is 0.577. The van der Waals surface area contributed by atoms with Gasteiger partial charge < -0.3 is 10.2 Å². The van der Waals surface area contributed by atoms with E-state index in [0.717, 1.165) is 37.9 Å². The van der Waals surface area contributed by atoms with Gasteiger partial charge in [0.25, 0.3) is 0 Å². The number of H-pyrrole nitrogens is 1. The van der Waals surface area contributed by atoms with Crippen LogP contribution in [0.1, 0.15) is 25.1 Å². The number of piperidine rings is 1. The van der Waals surface area contributed by atoms with E-state index < -0.39 is 9.84 Å². The van der Waals surface area contributed by atoms with E-state index in [0.29, 0.717) is 5.69 Å². The molecule has 0 unspecified atom stereocenters. The van der Waals surface area contributed by atoms with Crippen LogP contribution in [0.5, 0.6) is 0 Å². The van der Waals surface area contributed by atoms with Crippen molar-refractivity contribution < 1.29 is 8.42 Å². The Hall–Kier alpha value is -2.93. The second-order valence-corrected chi connectivity index (χ2v) is 8.03. The van der Waals surface area contributed by atoms with E-state index in [2.05, 4.69) is 30.8 Å². The van der Waals surface area contributed by atoms with Crippen molar-refractivity contribution in [3.63, 3.8) is 0 Å². The lowest BCUT2D eigenvalue weighted by atomic mass is 10.1. The molecular formula is C16H19N7O2S. The van der Waals surface area contributed by atoms with Crippen molar-refractivity contribution in [3.05, 3.63) is 30.2 Å². The molecular weight excluding hydrogens is 354 g/mol. The lowest BCUT2D eigenvalue weighted by Gasteiger charge is -2.29. The summed E-state index contributed by atoms with van der Waals surface area (Å²) >= 11 is 0. The molecule has 26 heavy (non-hydrogen) atoms. The zero-order valence-corrected chi connectivity index (χ0v) is 15.1. The summed E-state index contributed by atoms with van der Waals surface area (Å²) in [7, 11) is -3.43. The second-order valence-electron chi connectivity index (χ2n) is 6.05. The van der Waals surface area contributed by atoms with Gasteiger partial charge in [0.1, 0.15) is 11.6 Å². The number of allylic oxidation sites excluding steroid dienone is 1. The van der Waals surface area contributed by atoms with E-state index >= 15 is 0 Å². The van der Waals surface area contributed by atoms with Crippen molar-refractivity contribution in [1.82, 2.24) is 20.6 Å². The first-order valence-electron chi connectivity index (χ1n) is 8.19. The SMILES string of the molecule is CS(=O)(=O)c1ccc(N2CCCCC2)cc1NC=C(C#N)c1nn[nH]n1. The molecule has 0 atom stereocenters. The second kappa shape index (κ2) is 7.53. The number of nitrogens with one attached hydrogen (secondary N) is 2. The van der Waals surface area contributed by atoms with E-state index in [4.69, 9.17) is 0 Å². The normalized spacial score (nSPS) is 15.5. The molecule has 1 aromatic carbocycles. The Labute approximate surface area is 151 Å². The Morgan fingerprint density at radius 3 is 2.73 bits per heavy atom. The molecule has 0 bridgehead atoms. The number of hydrogen-bond donors (Lipinski definition) is 2. The monoisotopic (exact) mass is 373 g/mol. The first-order chi connectivity index (χ1) is 12.5. The van der Waals surface area contributed by atoms with Gasteiger partial charge in [-0.05, 0) is 42.7 Å². The molecule has 0 aliphatic carbocycles. The summed E-state index contributed by atoms with van der Waals surface area (Å²) in [5, 5.41) is 25.4. The fourth-order valence-electron chi connectivity index (χ4n) is 2.88. The van der Waals surface area contributed by atoms with E-state index in [-0.39, 0.29) is 16.3 Å². The van der Waals surface area contributed by atoms with Gasteiger partial charge in [0, 0.05) is 31.2 Å². The molecule has 0 saturated carbocycles. The zero-order chi connectivity index (χ0) is 18.6. The third-order valence-corrected chi connectivity index (χ3v) is 5.32. The smallest absolute Gasteiger partial charge is 0.216 e. The fourth-order valence-corrected chi connectivity index (χ4v) is 3.71. The zero-order valence-electron chi connectivity index (χ0n) is 14.3. The molecule has 1 aliphatic heterocycles. The van der Waals surface area contributed by atoms with Crippen LogP contribution in [0.4, 0.5) is 11.4 Å². The number of aromatic amines is 1. The van der Waals surface area contributed by atoms with E-state index in [1.54, 1.807) is 12.1 Å². The molecule has 1 fully saturated rings. The van der Waals surface area contributed by atoms with Gasteiger partial charge in [-0.1, -0.05) is 0 Å². The van der Waals surface area contributed by atoms with Crippen LogP contribution in [0.15, 0.2) is 29.3 Å². The highest BCUT2D eigenvalue weighted by Crippen LogP contribution is 2.29. The number of aromatic nitrogens is 4. The van der Waals surface area contributed by atoms with Gasteiger partial charge in [-0.3, -0.25) is 0 Å². The van der Waals surface area contributed by atoms with Gasteiger partial charge in [-0.15, -0.1) is 10.2 Å². The largest absolute Gasteiger partial charge is 0.371 e. The minimum atomic E-state index is -3.43. The first kappa shape index (κ1) is 17.9. The standard InChI is InChI=1S/C16H19N7O2S/c1-26(24,25)15-6-5-13(23-7-3-2-4-8-23)9-14(15)18-11-12(10-17)16-19-21-22-20-16/h5-6,9,11,18H,2-4,7-8H2,1H3,(H,19,20,21,22). The number of sulfone groups is 1. The molecule has 2 N–H and O–H groups in total. The van der Waals surface area contributed by atoms with E-state index in [1.807, 2.05) is 12.1 Å². The maximum absolute atomic E-state index is 12.1. The molecule has 0 radical (unpaired) electrons. The molecule has 1 aliphatic rings. The predicted octanol–water partition coefficient (Wildman–Crippen LogP) is 1.57. The van der Waals surface area contributed by atoms with Crippen LogP contribution in [0.2, 0.25) is 0 Å². The number of nitriles is 1. The number of tetrazole rings is 1. The van der Waals surface area contributed by atoms with Crippen LogP contribution in [0, 0.1) is 11.3 Å². The Morgan fingerprint density at radius 2 is 2.12 bits per heavy atom. The summed E-state index contributed by atoms with van der Waals surface area (Å²) in [6, 6.07) is 7.17. The van der Waals surface area contributed by atoms with Crippen molar-refractivity contribution >= 4 is 26.8 Å². The maximum atomic E-state index is 12.1. The quantitative estimate of drug-likeness (QED) is 0.756. The summed E-state index contributed by atoms with van der Waals surface area (Å²) in [6.45, 7) is 1.89. The molecule has 1 aromatic heterocycles. The molecule has 2 aromatic rings. The van der Waals surface area contributed by atoms with Crippen LogP contribution in [-0.4, -0.2) is 48.4 Å². The molecule has 0 spiro atoms. The van der Waals surface area contributed by atoms with Crippen LogP contribution in [-0.2, 0) is 9.84 Å². The van der Waals surface area contributed by atoms with Crippen molar-refractivity contribution in [2.75, 3.05) is 29.6 Å². The highest BCUT2D eigenvalue weighted by Gasteiger charge is 2.17. The fraction of sp³-hybridized carbons (Fsp3) is 0.375. The Kier molecular flexibility index (Phi) is 5.18. The molecule has 136 valence electrons. The predicted molar refractivity (Wildman–Crippen MR) is 97.0 cm³/mol. The lowest BCUT2D eigenvalue weighted by Crippen LogP contribution is -2.29. The summed E-state index contributed by atoms with van der Waals surface area (Å²) in [5.41, 5.74) is 1.50. The van der Waals surface area contributed by atoms with Crippen molar-refractivity contribution in [3.8, 4) is 6.07 Å². The molecule has 1 saturated heterocycles. The maximum Gasteiger partial charge on any atom is 0.216 e. The third kappa shape index (κ3) is 4.00. The van der Waals surface area contributed by atoms with Gasteiger partial charge in [-0.25, -0.2) is 8.42 Å². The third-order valence-electron chi connectivity index (χ3n) is 4.16. The van der Waals surface area contributed by atoms with Crippen LogP contribution in [0.3, 0.4) is 0 Å². The summed E-state index contributed by atoms with van der Waals surface area (Å²) < 4.78 is 24.2. The molecule has 9 nitrogen and oxygen atoms in total. The van der Waals surface area contributed by atoms with E-state index in [1.165, 1.54) is 12.6 Å². The van der Waals surface area contributed by atoms with Crippen LogP contribution >= 0.6 is 0 Å².